The minimum Gasteiger partial charge on any atom is -0.375 e. The molecule has 18 heavy (non-hydrogen) atoms. The van der Waals surface area contributed by atoms with Crippen molar-refractivity contribution in [3.05, 3.63) is 0 Å². The van der Waals surface area contributed by atoms with Crippen LogP contribution in [-0.4, -0.2) is 57.4 Å². The predicted octanol–water partition coefficient (Wildman–Crippen LogP) is 0.817. The lowest BCUT2D eigenvalue weighted by molar-refractivity contribution is -0.00277. The lowest BCUT2D eigenvalue weighted by Gasteiger charge is -2.31. The smallest absolute Gasteiger partial charge is 0.214 e. The lowest BCUT2D eigenvalue weighted by atomic mass is 10.2. The summed E-state index contributed by atoms with van der Waals surface area (Å²) in [6.07, 6.45) is 2.57. The van der Waals surface area contributed by atoms with Gasteiger partial charge in [0.05, 0.1) is 18.5 Å². The van der Waals surface area contributed by atoms with Crippen molar-refractivity contribution >= 4 is 10.0 Å². The number of sulfonamides is 1. The van der Waals surface area contributed by atoms with Gasteiger partial charge in [0, 0.05) is 13.1 Å². The van der Waals surface area contributed by atoms with Gasteiger partial charge in [-0.2, -0.15) is 4.31 Å². The Labute approximate surface area is 111 Å². The van der Waals surface area contributed by atoms with Crippen LogP contribution in [0.5, 0.6) is 0 Å². The summed E-state index contributed by atoms with van der Waals surface area (Å²) < 4.78 is 31.3. The molecule has 1 unspecified atom stereocenters. The Bertz CT molecular complexity index is 319. The van der Waals surface area contributed by atoms with Gasteiger partial charge in [-0.05, 0) is 32.4 Å². The molecule has 0 saturated carbocycles. The zero-order chi connectivity index (χ0) is 13.4. The van der Waals surface area contributed by atoms with Gasteiger partial charge >= 0.3 is 0 Å². The fourth-order valence-corrected chi connectivity index (χ4v) is 3.61. The molecule has 0 aromatic heterocycles. The van der Waals surface area contributed by atoms with Crippen LogP contribution in [0.2, 0.25) is 0 Å². The second-order valence-electron chi connectivity index (χ2n) is 4.64. The van der Waals surface area contributed by atoms with Gasteiger partial charge in [-0.3, -0.25) is 0 Å². The molecule has 0 amide bonds. The van der Waals surface area contributed by atoms with Gasteiger partial charge in [-0.1, -0.05) is 13.8 Å². The molecule has 1 N–H and O–H groups in total. The van der Waals surface area contributed by atoms with Crippen LogP contribution in [0, 0.1) is 0 Å². The highest BCUT2D eigenvalue weighted by Gasteiger charge is 2.27. The Morgan fingerprint density at radius 1 is 1.33 bits per heavy atom. The second kappa shape index (κ2) is 8.09. The second-order valence-corrected chi connectivity index (χ2v) is 6.72. The summed E-state index contributed by atoms with van der Waals surface area (Å²) in [6.45, 7) is 7.46. The zero-order valence-corrected chi connectivity index (χ0v) is 12.3. The molecule has 1 atom stereocenters. The molecule has 1 fully saturated rings. The van der Waals surface area contributed by atoms with Crippen LogP contribution in [-0.2, 0) is 14.8 Å². The van der Waals surface area contributed by atoms with Crippen molar-refractivity contribution in [1.29, 1.82) is 0 Å². The third-order valence-electron chi connectivity index (χ3n) is 3.21. The molecule has 0 bridgehead atoms. The average Bonchev–Trinajstić information content (AvgIpc) is 2.38. The first kappa shape index (κ1) is 15.9. The molecule has 6 heteroatoms. The minimum atomic E-state index is -3.09. The van der Waals surface area contributed by atoms with Crippen molar-refractivity contribution < 1.29 is 13.2 Å². The van der Waals surface area contributed by atoms with E-state index in [1.165, 1.54) is 0 Å². The van der Waals surface area contributed by atoms with Gasteiger partial charge in [0.15, 0.2) is 0 Å². The van der Waals surface area contributed by atoms with Crippen LogP contribution in [0.4, 0.5) is 0 Å². The van der Waals surface area contributed by atoms with E-state index in [9.17, 15) is 8.42 Å². The fraction of sp³-hybridized carbons (Fsp3) is 1.00. The third kappa shape index (κ3) is 5.22. The van der Waals surface area contributed by atoms with Crippen molar-refractivity contribution in [3.63, 3.8) is 0 Å². The Hall–Kier alpha value is -0.170. The lowest BCUT2D eigenvalue weighted by Crippen LogP contribution is -2.46. The molecule has 0 radical (unpaired) electrons. The van der Waals surface area contributed by atoms with Crippen molar-refractivity contribution in [2.75, 3.05) is 38.5 Å². The van der Waals surface area contributed by atoms with Gasteiger partial charge in [-0.15, -0.1) is 0 Å². The molecule has 1 heterocycles. The summed E-state index contributed by atoms with van der Waals surface area (Å²) in [5.41, 5.74) is 0. The molecule has 5 nitrogen and oxygen atoms in total. The minimum absolute atomic E-state index is 0.0651. The van der Waals surface area contributed by atoms with Gasteiger partial charge in [0.1, 0.15) is 0 Å². The Balaban J connectivity index is 2.33. The maximum Gasteiger partial charge on any atom is 0.214 e. The summed E-state index contributed by atoms with van der Waals surface area (Å²) in [6, 6.07) is 0. The van der Waals surface area contributed by atoms with Gasteiger partial charge < -0.3 is 10.1 Å². The molecule has 1 aliphatic heterocycles. The van der Waals surface area contributed by atoms with Gasteiger partial charge in [-0.25, -0.2) is 8.42 Å². The van der Waals surface area contributed by atoms with E-state index in [2.05, 4.69) is 12.2 Å². The quantitative estimate of drug-likeness (QED) is 0.668. The number of hydrogen-bond donors (Lipinski definition) is 1. The van der Waals surface area contributed by atoms with E-state index in [4.69, 9.17) is 4.74 Å². The molecular weight excluding hydrogens is 252 g/mol. The maximum atomic E-state index is 12.1. The first-order valence-electron chi connectivity index (χ1n) is 6.90. The van der Waals surface area contributed by atoms with Crippen molar-refractivity contribution in [2.24, 2.45) is 0 Å². The van der Waals surface area contributed by atoms with Gasteiger partial charge in [0.25, 0.3) is 0 Å². The first-order valence-corrected chi connectivity index (χ1v) is 8.51. The van der Waals surface area contributed by atoms with Crippen LogP contribution < -0.4 is 5.32 Å². The van der Waals surface area contributed by atoms with E-state index >= 15 is 0 Å². The Morgan fingerprint density at radius 2 is 2.11 bits per heavy atom. The number of morpholine rings is 1. The molecule has 0 aromatic carbocycles. The number of nitrogens with zero attached hydrogens (tertiary/aromatic N) is 1. The first-order chi connectivity index (χ1) is 8.60. The summed E-state index contributed by atoms with van der Waals surface area (Å²) in [7, 11) is -3.09. The van der Waals surface area contributed by atoms with Crippen LogP contribution in [0.1, 0.15) is 33.1 Å². The fourth-order valence-electron chi connectivity index (χ4n) is 2.03. The molecule has 1 aliphatic rings. The monoisotopic (exact) mass is 278 g/mol. The number of rotatable bonds is 8. The maximum absolute atomic E-state index is 12.1. The molecule has 0 spiro atoms. The van der Waals surface area contributed by atoms with Crippen molar-refractivity contribution in [1.82, 2.24) is 9.62 Å². The Morgan fingerprint density at radius 3 is 2.78 bits per heavy atom. The Kier molecular flexibility index (Phi) is 7.14. The summed E-state index contributed by atoms with van der Waals surface area (Å²) in [5, 5.41) is 3.20. The zero-order valence-electron chi connectivity index (χ0n) is 11.5. The highest BCUT2D eigenvalue weighted by molar-refractivity contribution is 7.89. The molecule has 0 aromatic rings. The predicted molar refractivity (Wildman–Crippen MR) is 73.2 cm³/mol. The van der Waals surface area contributed by atoms with E-state index in [0.717, 1.165) is 32.4 Å². The van der Waals surface area contributed by atoms with Crippen LogP contribution in [0.3, 0.4) is 0 Å². The van der Waals surface area contributed by atoms with Crippen LogP contribution >= 0.6 is 0 Å². The standard InChI is InChI=1S/C12H26N2O3S/c1-3-12-11-14(8-9-17-12)18(15,16)10-6-5-7-13-4-2/h12-13H,3-11H2,1-2H3. The molecule has 1 saturated heterocycles. The highest BCUT2D eigenvalue weighted by Crippen LogP contribution is 2.13. The third-order valence-corrected chi connectivity index (χ3v) is 5.13. The van der Waals surface area contributed by atoms with Crippen molar-refractivity contribution in [3.8, 4) is 0 Å². The highest BCUT2D eigenvalue weighted by atomic mass is 32.2. The van der Waals surface area contributed by atoms with E-state index in [1.54, 1.807) is 4.31 Å². The average molecular weight is 278 g/mol. The summed E-state index contributed by atoms with van der Waals surface area (Å²) >= 11 is 0. The van der Waals surface area contributed by atoms with E-state index in [-0.39, 0.29) is 11.9 Å². The summed E-state index contributed by atoms with van der Waals surface area (Å²) in [4.78, 5) is 0. The number of hydrogen-bond acceptors (Lipinski definition) is 4. The number of nitrogens with one attached hydrogen (secondary N) is 1. The van der Waals surface area contributed by atoms with E-state index in [0.29, 0.717) is 19.7 Å². The number of unbranched alkanes of at least 4 members (excludes halogenated alkanes) is 1. The van der Waals surface area contributed by atoms with E-state index in [1.807, 2.05) is 6.92 Å². The largest absolute Gasteiger partial charge is 0.375 e. The molecular formula is C12H26N2O3S. The van der Waals surface area contributed by atoms with Gasteiger partial charge in [0.2, 0.25) is 10.0 Å². The number of ether oxygens (including phenoxy) is 1. The molecule has 0 aliphatic carbocycles. The van der Waals surface area contributed by atoms with E-state index < -0.39 is 10.0 Å². The summed E-state index contributed by atoms with van der Waals surface area (Å²) in [5.74, 6) is 0.259. The SMILES string of the molecule is CCNCCCCS(=O)(=O)N1CCOC(CC)C1. The van der Waals surface area contributed by atoms with Crippen LogP contribution in [0.25, 0.3) is 0 Å². The normalized spacial score (nSPS) is 22.2. The molecule has 1 rings (SSSR count). The topological polar surface area (TPSA) is 58.6 Å². The molecule has 108 valence electrons. The van der Waals surface area contributed by atoms with Crippen LogP contribution in [0.15, 0.2) is 0 Å². The van der Waals surface area contributed by atoms with Crippen molar-refractivity contribution in [2.45, 2.75) is 39.2 Å².